The monoisotopic (exact) mass is 671 g/mol. The molecular formula is C29H36F3N5O10. The van der Waals surface area contributed by atoms with E-state index in [1.807, 2.05) is 19.1 Å². The quantitative estimate of drug-likeness (QED) is 0.0745. The first kappa shape index (κ1) is 39.7. The molecule has 15 nitrogen and oxygen atoms in total. The number of nitro groups is 1. The van der Waals surface area contributed by atoms with Crippen LogP contribution in [0.1, 0.15) is 57.2 Å². The number of nitrogens with one attached hydrogen (secondary N) is 3. The number of halogens is 3. The Labute approximate surface area is 267 Å². The number of aryl methyl sites for hydroxylation is 1. The minimum absolute atomic E-state index is 0.167. The van der Waals surface area contributed by atoms with Crippen molar-refractivity contribution in [3.05, 3.63) is 63.8 Å². The molecule has 0 radical (unpaired) electrons. The van der Waals surface area contributed by atoms with Crippen molar-refractivity contribution in [2.75, 3.05) is 25.2 Å². The molecule has 258 valence electrons. The number of carbonyl (C=O) groups is 5. The van der Waals surface area contributed by atoms with Crippen molar-refractivity contribution in [1.29, 1.82) is 0 Å². The van der Waals surface area contributed by atoms with Crippen molar-refractivity contribution >= 4 is 41.2 Å². The lowest BCUT2D eigenvalue weighted by molar-refractivity contribution is -0.384. The van der Waals surface area contributed by atoms with Crippen LogP contribution >= 0.6 is 0 Å². The van der Waals surface area contributed by atoms with Gasteiger partial charge in [-0.2, -0.15) is 13.2 Å². The fourth-order valence-electron chi connectivity index (χ4n) is 3.31. The third-order valence-electron chi connectivity index (χ3n) is 5.70. The van der Waals surface area contributed by atoms with Crippen LogP contribution in [0.15, 0.2) is 42.6 Å². The molecule has 0 fully saturated rings. The topological polar surface area (TPSA) is 216 Å². The molecule has 1 heterocycles. The summed E-state index contributed by atoms with van der Waals surface area (Å²) in [6.45, 7) is 6.41. The van der Waals surface area contributed by atoms with Gasteiger partial charge in [0.2, 0.25) is 18.6 Å². The molecule has 2 rings (SSSR count). The van der Waals surface area contributed by atoms with Gasteiger partial charge in [0.15, 0.2) is 0 Å². The van der Waals surface area contributed by atoms with Crippen molar-refractivity contribution in [2.24, 2.45) is 5.41 Å². The first-order chi connectivity index (χ1) is 21.8. The van der Waals surface area contributed by atoms with E-state index in [0.29, 0.717) is 18.8 Å². The number of carboxylic acid groups (broad SMARTS) is 1. The Morgan fingerprint density at radius 1 is 1.04 bits per heavy atom. The van der Waals surface area contributed by atoms with Gasteiger partial charge < -0.3 is 30.5 Å². The summed E-state index contributed by atoms with van der Waals surface area (Å²) in [7, 11) is 0. The first-order valence-electron chi connectivity index (χ1n) is 13.9. The predicted octanol–water partition coefficient (Wildman–Crippen LogP) is 3.58. The summed E-state index contributed by atoms with van der Waals surface area (Å²) in [5.74, 6) is -4.38. The lowest BCUT2D eigenvalue weighted by Crippen LogP contribution is -2.39. The summed E-state index contributed by atoms with van der Waals surface area (Å²) in [5.41, 5.74) is 0.327. The largest absolute Gasteiger partial charge is 0.490 e. The number of esters is 2. The number of amides is 2. The molecule has 2 amide bonds. The number of non-ortho nitro benzene ring substituents is 1. The number of pyridine rings is 1. The molecule has 0 aliphatic rings. The Kier molecular flexibility index (Phi) is 15.7. The zero-order valence-electron chi connectivity index (χ0n) is 26.0. The SMILES string of the molecule is Cc1ccnc(NCCCC(=O)NCC(=O)NC(CC(=O)OCOC(=O)C(C)(C)C)c2cccc([N+](=O)[O-])c2)c1.O=C(O)C(F)(F)F. The van der Waals surface area contributed by atoms with Crippen LogP contribution < -0.4 is 16.0 Å². The highest BCUT2D eigenvalue weighted by Gasteiger charge is 2.38. The van der Waals surface area contributed by atoms with Gasteiger partial charge >= 0.3 is 24.1 Å². The Balaban J connectivity index is 0.00000141. The normalized spacial score (nSPS) is 11.6. The summed E-state index contributed by atoms with van der Waals surface area (Å²) in [6.07, 6.45) is -3.12. The second-order valence-electron chi connectivity index (χ2n) is 10.8. The fraction of sp³-hybridized carbons (Fsp3) is 0.448. The highest BCUT2D eigenvalue weighted by atomic mass is 19.4. The number of benzene rings is 1. The zero-order valence-corrected chi connectivity index (χ0v) is 26.0. The molecule has 1 atom stereocenters. The Bertz CT molecular complexity index is 1410. The van der Waals surface area contributed by atoms with E-state index < -0.39 is 59.6 Å². The fourth-order valence-corrected chi connectivity index (χ4v) is 3.31. The van der Waals surface area contributed by atoms with Crippen molar-refractivity contribution in [2.45, 2.75) is 59.2 Å². The van der Waals surface area contributed by atoms with Gasteiger partial charge in [-0.3, -0.25) is 29.3 Å². The first-order valence-corrected chi connectivity index (χ1v) is 13.9. The molecule has 47 heavy (non-hydrogen) atoms. The standard InChI is InChI=1S/C27H35N5O8.C2HF3O2/c1-18-10-12-29-22(13-18)28-11-6-9-23(33)30-16-24(34)31-21(19-7-5-8-20(14-19)32(37)38)15-25(35)39-17-40-26(36)27(2,3)4;3-2(4,5)1(6)7/h5,7-8,10,12-14,21H,6,9,11,15-17H2,1-4H3,(H,28,29)(H,30,33)(H,31,34);(H,6,7). The minimum atomic E-state index is -5.08. The van der Waals surface area contributed by atoms with Gasteiger partial charge in [-0.25, -0.2) is 9.78 Å². The number of aliphatic carboxylic acids is 1. The summed E-state index contributed by atoms with van der Waals surface area (Å²) in [4.78, 5) is 72.7. The molecule has 0 aliphatic heterocycles. The van der Waals surface area contributed by atoms with Crippen LogP contribution in [-0.2, 0) is 33.4 Å². The number of nitrogens with zero attached hydrogens (tertiary/aromatic N) is 2. The number of rotatable bonds is 14. The van der Waals surface area contributed by atoms with E-state index >= 15 is 0 Å². The molecule has 0 aliphatic carbocycles. The van der Waals surface area contributed by atoms with E-state index in [0.717, 1.165) is 5.56 Å². The van der Waals surface area contributed by atoms with Crippen LogP contribution in [0.4, 0.5) is 24.7 Å². The maximum absolute atomic E-state index is 12.6. The molecule has 0 spiro atoms. The van der Waals surface area contributed by atoms with E-state index in [2.05, 4.69) is 20.9 Å². The molecule has 1 aromatic heterocycles. The smallest absolute Gasteiger partial charge is 0.475 e. The maximum atomic E-state index is 12.6. The van der Waals surface area contributed by atoms with Crippen molar-refractivity contribution in [3.8, 4) is 0 Å². The number of ether oxygens (including phenoxy) is 2. The van der Waals surface area contributed by atoms with E-state index in [4.69, 9.17) is 19.4 Å². The number of hydrogen-bond acceptors (Lipinski definition) is 11. The second-order valence-corrected chi connectivity index (χ2v) is 10.8. The van der Waals surface area contributed by atoms with Crippen molar-refractivity contribution in [1.82, 2.24) is 15.6 Å². The van der Waals surface area contributed by atoms with Gasteiger partial charge in [0.1, 0.15) is 5.82 Å². The molecule has 0 bridgehead atoms. The van der Waals surface area contributed by atoms with Crippen LogP contribution in [0, 0.1) is 22.5 Å². The maximum Gasteiger partial charge on any atom is 0.490 e. The molecule has 0 saturated carbocycles. The molecule has 2 aromatic rings. The molecule has 1 unspecified atom stereocenters. The van der Waals surface area contributed by atoms with Gasteiger partial charge in [0.25, 0.3) is 5.69 Å². The summed E-state index contributed by atoms with van der Waals surface area (Å²) >= 11 is 0. The number of anilines is 1. The predicted molar refractivity (Wildman–Crippen MR) is 159 cm³/mol. The molecule has 4 N–H and O–H groups in total. The molecule has 1 aromatic carbocycles. The zero-order chi connectivity index (χ0) is 35.8. The highest BCUT2D eigenvalue weighted by Crippen LogP contribution is 2.23. The van der Waals surface area contributed by atoms with E-state index in [-0.39, 0.29) is 30.1 Å². The van der Waals surface area contributed by atoms with Gasteiger partial charge in [0, 0.05) is 31.3 Å². The average molecular weight is 672 g/mol. The van der Waals surface area contributed by atoms with E-state index in [1.165, 1.54) is 24.3 Å². The number of nitro benzene ring substituents is 1. The van der Waals surface area contributed by atoms with Gasteiger partial charge in [-0.1, -0.05) is 12.1 Å². The van der Waals surface area contributed by atoms with Crippen LogP contribution in [-0.4, -0.2) is 70.8 Å². The Morgan fingerprint density at radius 2 is 1.70 bits per heavy atom. The minimum Gasteiger partial charge on any atom is -0.475 e. The van der Waals surface area contributed by atoms with Crippen molar-refractivity contribution in [3.63, 3.8) is 0 Å². The van der Waals surface area contributed by atoms with Gasteiger partial charge in [-0.15, -0.1) is 0 Å². The number of carbonyl (C=O) groups excluding carboxylic acids is 4. The highest BCUT2D eigenvalue weighted by molar-refractivity contribution is 5.85. The van der Waals surface area contributed by atoms with Gasteiger partial charge in [0.05, 0.1) is 29.3 Å². The van der Waals surface area contributed by atoms with Crippen molar-refractivity contribution < 1.29 is 56.6 Å². The molecular weight excluding hydrogens is 635 g/mol. The Morgan fingerprint density at radius 3 is 2.28 bits per heavy atom. The Hall–Kier alpha value is -5.29. The summed E-state index contributed by atoms with van der Waals surface area (Å²) < 4.78 is 41.6. The second kappa shape index (κ2) is 18.6. The van der Waals surface area contributed by atoms with Gasteiger partial charge in [-0.05, 0) is 57.4 Å². The summed E-state index contributed by atoms with van der Waals surface area (Å²) in [5, 5.41) is 26.6. The third kappa shape index (κ3) is 16.6. The average Bonchev–Trinajstić information content (AvgIpc) is 2.97. The number of hydrogen-bond donors (Lipinski definition) is 4. The lowest BCUT2D eigenvalue weighted by Gasteiger charge is -2.20. The summed E-state index contributed by atoms with van der Waals surface area (Å²) in [6, 6.07) is 8.20. The van der Waals surface area contributed by atoms with E-state index in [1.54, 1.807) is 27.0 Å². The van der Waals surface area contributed by atoms with Crippen LogP contribution in [0.2, 0.25) is 0 Å². The number of alkyl halides is 3. The third-order valence-corrected chi connectivity index (χ3v) is 5.70. The number of carboxylic acids is 1. The van der Waals surface area contributed by atoms with E-state index in [9.17, 15) is 42.5 Å². The molecule has 0 saturated heterocycles. The number of aromatic nitrogens is 1. The molecule has 18 heteroatoms. The van der Waals surface area contributed by atoms with Crippen LogP contribution in [0.5, 0.6) is 0 Å². The van der Waals surface area contributed by atoms with Crippen LogP contribution in [0.3, 0.4) is 0 Å². The van der Waals surface area contributed by atoms with Crippen LogP contribution in [0.25, 0.3) is 0 Å². The lowest BCUT2D eigenvalue weighted by atomic mass is 9.98.